The molecule has 48 heavy (non-hydrogen) atoms. The van der Waals surface area contributed by atoms with E-state index >= 15 is 0 Å². The van der Waals surface area contributed by atoms with E-state index < -0.39 is 20.0 Å². The van der Waals surface area contributed by atoms with Crippen LogP contribution in [0.3, 0.4) is 0 Å². The van der Waals surface area contributed by atoms with Gasteiger partial charge in [-0.1, -0.05) is 46.4 Å². The van der Waals surface area contributed by atoms with Gasteiger partial charge in [-0.15, -0.1) is 0 Å². The molecule has 0 unspecified atom stereocenters. The van der Waals surface area contributed by atoms with Crippen LogP contribution in [0.15, 0.2) is 70.5 Å². The lowest BCUT2D eigenvalue weighted by atomic mass is 9.73. The van der Waals surface area contributed by atoms with Gasteiger partial charge in [-0.2, -0.15) is 8.61 Å². The molecular formula is C38H60N4O4S2. The first-order valence-electron chi connectivity index (χ1n) is 17.8. The van der Waals surface area contributed by atoms with Crippen LogP contribution in [0.1, 0.15) is 78.2 Å². The molecule has 0 radical (unpaired) electrons. The number of nitrogens with zero attached hydrogens (tertiary/aromatic N) is 4. The summed E-state index contributed by atoms with van der Waals surface area (Å²) in [5.74, 6) is 1.18. The summed E-state index contributed by atoms with van der Waals surface area (Å²) in [5, 5.41) is 0. The van der Waals surface area contributed by atoms with Crippen molar-refractivity contribution in [2.45, 2.75) is 88.9 Å². The third-order valence-electron chi connectivity index (χ3n) is 10.1. The van der Waals surface area contributed by atoms with Crippen LogP contribution in [0, 0.1) is 17.3 Å². The highest BCUT2D eigenvalue weighted by molar-refractivity contribution is 7.89. The summed E-state index contributed by atoms with van der Waals surface area (Å²) in [6.07, 6.45) is 8.19. The zero-order chi connectivity index (χ0) is 35.1. The van der Waals surface area contributed by atoms with Crippen molar-refractivity contribution in [3.05, 3.63) is 66.2 Å². The molecule has 268 valence electrons. The molecule has 0 N–H and O–H groups in total. The van der Waals surface area contributed by atoms with Crippen LogP contribution in [0.2, 0.25) is 0 Å². The average molecular weight is 701 g/mol. The number of benzene rings is 2. The van der Waals surface area contributed by atoms with Crippen LogP contribution < -0.4 is 4.90 Å². The fourth-order valence-corrected chi connectivity index (χ4v) is 9.86. The monoisotopic (exact) mass is 700 g/mol. The van der Waals surface area contributed by atoms with Crippen LogP contribution in [0.4, 0.5) is 5.69 Å². The van der Waals surface area contributed by atoms with Gasteiger partial charge in [0, 0.05) is 52.5 Å². The van der Waals surface area contributed by atoms with E-state index in [1.54, 1.807) is 24.3 Å². The van der Waals surface area contributed by atoms with E-state index in [0.717, 1.165) is 43.7 Å². The highest BCUT2D eigenvalue weighted by atomic mass is 32.2. The second kappa shape index (κ2) is 16.6. The molecule has 1 aliphatic heterocycles. The Hall–Kier alpha value is -2.24. The molecule has 0 amide bonds. The zero-order valence-corrected chi connectivity index (χ0v) is 32.0. The van der Waals surface area contributed by atoms with E-state index in [1.165, 1.54) is 34.3 Å². The lowest BCUT2D eigenvalue weighted by Crippen LogP contribution is -2.42. The van der Waals surface area contributed by atoms with E-state index in [2.05, 4.69) is 39.2 Å². The first-order chi connectivity index (χ1) is 22.6. The fourth-order valence-electron chi connectivity index (χ4n) is 6.86. The molecule has 0 atom stereocenters. The van der Waals surface area contributed by atoms with Crippen molar-refractivity contribution in [2.24, 2.45) is 17.3 Å². The third kappa shape index (κ3) is 10.6. The highest BCUT2D eigenvalue weighted by Crippen LogP contribution is 2.38. The molecule has 10 heteroatoms. The Balaban J connectivity index is 1.59. The number of anilines is 1. The molecule has 4 rings (SSSR count). The summed E-state index contributed by atoms with van der Waals surface area (Å²) < 4.78 is 59.3. The van der Waals surface area contributed by atoms with Crippen LogP contribution in [-0.4, -0.2) is 90.3 Å². The summed E-state index contributed by atoms with van der Waals surface area (Å²) in [6, 6.07) is 14.2. The fraction of sp³-hybridized carbons (Fsp3) is 0.632. The van der Waals surface area contributed by atoms with E-state index in [0.29, 0.717) is 48.8 Å². The third-order valence-corrected chi connectivity index (χ3v) is 13.8. The molecule has 0 aromatic heterocycles. The van der Waals surface area contributed by atoms with Crippen LogP contribution >= 0.6 is 0 Å². The summed E-state index contributed by atoms with van der Waals surface area (Å²) >= 11 is 0. The average Bonchev–Trinajstić information content (AvgIpc) is 3.03. The topological polar surface area (TPSA) is 81.2 Å². The smallest absolute Gasteiger partial charge is 0.243 e. The second-order valence-electron chi connectivity index (χ2n) is 15.5. The Morgan fingerprint density at radius 1 is 0.792 bits per heavy atom. The Labute approximate surface area is 292 Å². The summed E-state index contributed by atoms with van der Waals surface area (Å²) in [5.41, 5.74) is 2.99. The maximum Gasteiger partial charge on any atom is 0.243 e. The van der Waals surface area contributed by atoms with Gasteiger partial charge in [0.25, 0.3) is 0 Å². The molecule has 0 spiro atoms. The molecule has 2 aromatic rings. The summed E-state index contributed by atoms with van der Waals surface area (Å²) in [7, 11) is -3.82. The predicted molar refractivity (Wildman–Crippen MR) is 198 cm³/mol. The van der Waals surface area contributed by atoms with Gasteiger partial charge in [0.2, 0.25) is 20.0 Å². The van der Waals surface area contributed by atoms with Gasteiger partial charge >= 0.3 is 0 Å². The van der Waals surface area contributed by atoms with E-state index in [9.17, 15) is 16.8 Å². The quantitative estimate of drug-likeness (QED) is 0.251. The van der Waals surface area contributed by atoms with Crippen molar-refractivity contribution >= 4 is 25.7 Å². The van der Waals surface area contributed by atoms with Crippen LogP contribution in [-0.2, 0) is 26.5 Å². The summed E-state index contributed by atoms with van der Waals surface area (Å²) in [4.78, 5) is 4.88. The van der Waals surface area contributed by atoms with E-state index in [-0.39, 0.29) is 22.9 Å². The van der Waals surface area contributed by atoms with Gasteiger partial charge < -0.3 is 9.80 Å². The largest absolute Gasteiger partial charge is 0.378 e. The van der Waals surface area contributed by atoms with Gasteiger partial charge in [0.15, 0.2) is 0 Å². The number of hydrogen-bond acceptors (Lipinski definition) is 6. The molecule has 2 fully saturated rings. The normalized spacial score (nSPS) is 20.4. The Morgan fingerprint density at radius 3 is 1.73 bits per heavy atom. The van der Waals surface area contributed by atoms with Gasteiger partial charge in [0.05, 0.1) is 9.79 Å². The maximum absolute atomic E-state index is 14.1. The van der Waals surface area contributed by atoms with Crippen molar-refractivity contribution in [3.8, 4) is 0 Å². The lowest BCUT2D eigenvalue weighted by Gasteiger charge is -2.37. The Kier molecular flexibility index (Phi) is 13.4. The van der Waals surface area contributed by atoms with Crippen LogP contribution in [0.5, 0.6) is 0 Å². The Bertz CT molecular complexity index is 1540. The first kappa shape index (κ1) is 38.6. The predicted octanol–water partition coefficient (Wildman–Crippen LogP) is 6.89. The minimum Gasteiger partial charge on any atom is -0.378 e. The number of aryl methyl sites for hydroxylation is 1. The van der Waals surface area contributed by atoms with Crippen molar-refractivity contribution < 1.29 is 16.8 Å². The molecule has 2 aliphatic rings. The molecule has 1 aliphatic carbocycles. The van der Waals surface area contributed by atoms with Crippen molar-refractivity contribution in [2.75, 3.05) is 64.8 Å². The molecule has 1 heterocycles. The number of rotatable bonds is 10. The minimum atomic E-state index is -3.84. The second-order valence-corrected chi connectivity index (χ2v) is 19.4. The maximum atomic E-state index is 14.1. The summed E-state index contributed by atoms with van der Waals surface area (Å²) in [6.45, 7) is 16.6. The molecule has 1 saturated heterocycles. The molecule has 1 saturated carbocycles. The SMILES string of the molecule is C=C1CN(S(=O)(=O)c2ccc(CCC(C)C)cc2)CCCN(CC2CCC(C)(C)CC2)CCCN(S(=O)(=O)c2ccc(N(C)C)cc2)C1. The van der Waals surface area contributed by atoms with Crippen LogP contribution in [0.25, 0.3) is 0 Å². The van der Waals surface area contributed by atoms with Crippen molar-refractivity contribution in [1.29, 1.82) is 0 Å². The standard InChI is InChI=1S/C38H60N4O4S2/c1-31(2)10-11-33-12-16-36(17-13-33)47(43,44)41-26-8-24-40(30-34-20-22-38(4,5)23-21-34)25-9-27-42(29-32(3)28-41)48(45,46)37-18-14-35(15-19-37)39(6)7/h12-19,31,34H,3,8-11,20-30H2,1-2,4-7H3. The number of hydrogen-bond donors (Lipinski definition) is 0. The van der Waals surface area contributed by atoms with Gasteiger partial charge in [-0.05, 0) is 129 Å². The van der Waals surface area contributed by atoms with Gasteiger partial charge in [-0.3, -0.25) is 0 Å². The lowest BCUT2D eigenvalue weighted by molar-refractivity contribution is 0.139. The van der Waals surface area contributed by atoms with Crippen molar-refractivity contribution in [3.63, 3.8) is 0 Å². The molecule has 0 bridgehead atoms. The minimum absolute atomic E-state index is 0.0651. The van der Waals surface area contributed by atoms with Crippen molar-refractivity contribution in [1.82, 2.24) is 13.5 Å². The number of sulfonamides is 2. The molecule has 8 nitrogen and oxygen atoms in total. The highest BCUT2D eigenvalue weighted by Gasteiger charge is 2.31. The van der Waals surface area contributed by atoms with E-state index in [4.69, 9.17) is 0 Å². The van der Waals surface area contributed by atoms with Gasteiger partial charge in [0.1, 0.15) is 0 Å². The molecule has 2 aromatic carbocycles. The Morgan fingerprint density at radius 2 is 1.27 bits per heavy atom. The van der Waals surface area contributed by atoms with E-state index in [1.807, 2.05) is 43.3 Å². The van der Waals surface area contributed by atoms with Gasteiger partial charge in [-0.25, -0.2) is 16.8 Å². The molecular weight excluding hydrogens is 641 g/mol. The first-order valence-corrected chi connectivity index (χ1v) is 20.7. The zero-order valence-electron chi connectivity index (χ0n) is 30.3.